The Hall–Kier alpha value is -3.22. The van der Waals surface area contributed by atoms with Crippen LogP contribution in [-0.4, -0.2) is 39.7 Å². The maximum atomic E-state index is 12.8. The third-order valence-corrected chi connectivity index (χ3v) is 5.13. The van der Waals surface area contributed by atoms with Gasteiger partial charge in [-0.15, -0.1) is 0 Å². The Morgan fingerprint density at radius 2 is 1.55 bits per heavy atom. The standard InChI is InChI=1S/C22H26N2O5/c1-27-16-6-4-15(5-7-16)10-13-23-20(25)22(11-12-22)21(26)24-18-9-8-17(28-2)14-19(18)29-3/h4-9,14H,10-13H2,1-3H3,(H,23,25)(H,24,26). The Kier molecular flexibility index (Phi) is 6.26. The van der Waals surface area contributed by atoms with Crippen molar-refractivity contribution in [3.8, 4) is 17.2 Å². The number of hydrogen-bond donors (Lipinski definition) is 2. The van der Waals surface area contributed by atoms with Gasteiger partial charge in [-0.25, -0.2) is 0 Å². The minimum atomic E-state index is -1.01. The van der Waals surface area contributed by atoms with Crippen LogP contribution in [0.4, 0.5) is 5.69 Å². The minimum absolute atomic E-state index is 0.240. The molecular formula is C22H26N2O5. The Bertz CT molecular complexity index is 875. The van der Waals surface area contributed by atoms with Crippen molar-refractivity contribution in [2.75, 3.05) is 33.2 Å². The normalized spacial score (nSPS) is 13.9. The van der Waals surface area contributed by atoms with Crippen LogP contribution in [-0.2, 0) is 16.0 Å². The van der Waals surface area contributed by atoms with Gasteiger partial charge >= 0.3 is 0 Å². The number of carbonyl (C=O) groups excluding carboxylic acids is 2. The molecule has 0 heterocycles. The number of hydrogen-bond acceptors (Lipinski definition) is 5. The molecule has 2 N–H and O–H groups in total. The summed E-state index contributed by atoms with van der Waals surface area (Å²) in [5.41, 5.74) is 0.587. The van der Waals surface area contributed by atoms with Crippen LogP contribution >= 0.6 is 0 Å². The van der Waals surface area contributed by atoms with Crippen molar-refractivity contribution in [2.24, 2.45) is 5.41 Å². The van der Waals surface area contributed by atoms with E-state index in [0.717, 1.165) is 11.3 Å². The van der Waals surface area contributed by atoms with E-state index in [0.29, 0.717) is 43.0 Å². The topological polar surface area (TPSA) is 85.9 Å². The summed E-state index contributed by atoms with van der Waals surface area (Å²) in [5.74, 6) is 1.34. The third-order valence-electron chi connectivity index (χ3n) is 5.13. The highest BCUT2D eigenvalue weighted by Crippen LogP contribution is 2.47. The zero-order chi connectivity index (χ0) is 20.9. The second-order valence-corrected chi connectivity index (χ2v) is 6.96. The lowest BCUT2D eigenvalue weighted by Crippen LogP contribution is -2.40. The quantitative estimate of drug-likeness (QED) is 0.635. The molecule has 2 aromatic rings. The summed E-state index contributed by atoms with van der Waals surface area (Å²) < 4.78 is 15.6. The Morgan fingerprint density at radius 1 is 0.897 bits per heavy atom. The average molecular weight is 398 g/mol. The van der Waals surface area contributed by atoms with E-state index in [2.05, 4.69) is 10.6 Å². The van der Waals surface area contributed by atoms with Crippen LogP contribution in [0.25, 0.3) is 0 Å². The fourth-order valence-electron chi connectivity index (χ4n) is 3.11. The number of benzene rings is 2. The molecule has 0 unspecified atom stereocenters. The number of anilines is 1. The molecule has 1 fully saturated rings. The summed E-state index contributed by atoms with van der Waals surface area (Å²) in [4.78, 5) is 25.5. The van der Waals surface area contributed by atoms with Crippen LogP contribution in [0, 0.1) is 5.41 Å². The second-order valence-electron chi connectivity index (χ2n) is 6.96. The number of ether oxygens (including phenoxy) is 3. The maximum Gasteiger partial charge on any atom is 0.240 e. The number of amides is 2. The molecule has 7 heteroatoms. The molecule has 2 aromatic carbocycles. The summed E-state index contributed by atoms with van der Waals surface area (Å²) in [6.07, 6.45) is 1.75. The van der Waals surface area contributed by atoms with Gasteiger partial charge in [0, 0.05) is 12.6 Å². The monoisotopic (exact) mass is 398 g/mol. The van der Waals surface area contributed by atoms with Gasteiger partial charge in [0.1, 0.15) is 22.7 Å². The van der Waals surface area contributed by atoms with Gasteiger partial charge in [-0.05, 0) is 49.1 Å². The summed E-state index contributed by atoms with van der Waals surface area (Å²) in [7, 11) is 4.70. The third kappa shape index (κ3) is 4.62. The van der Waals surface area contributed by atoms with Crippen molar-refractivity contribution in [3.63, 3.8) is 0 Å². The molecule has 1 aliphatic carbocycles. The summed E-state index contributed by atoms with van der Waals surface area (Å²) >= 11 is 0. The van der Waals surface area contributed by atoms with Gasteiger partial charge in [0.2, 0.25) is 11.8 Å². The van der Waals surface area contributed by atoms with E-state index < -0.39 is 5.41 Å². The molecule has 1 saturated carbocycles. The molecule has 0 spiro atoms. The molecule has 0 aliphatic heterocycles. The van der Waals surface area contributed by atoms with Crippen LogP contribution < -0.4 is 24.8 Å². The molecule has 7 nitrogen and oxygen atoms in total. The first-order valence-electron chi connectivity index (χ1n) is 9.47. The highest BCUT2D eigenvalue weighted by atomic mass is 16.5. The predicted molar refractivity (Wildman–Crippen MR) is 110 cm³/mol. The molecule has 1 aliphatic rings. The lowest BCUT2D eigenvalue weighted by molar-refractivity contribution is -0.134. The molecule has 3 rings (SSSR count). The molecule has 29 heavy (non-hydrogen) atoms. The van der Waals surface area contributed by atoms with Gasteiger partial charge in [0.25, 0.3) is 0 Å². The van der Waals surface area contributed by atoms with E-state index in [-0.39, 0.29) is 11.8 Å². The lowest BCUT2D eigenvalue weighted by Gasteiger charge is -2.17. The van der Waals surface area contributed by atoms with Crippen LogP contribution in [0.5, 0.6) is 17.2 Å². The predicted octanol–water partition coefficient (Wildman–Crippen LogP) is 2.79. The van der Waals surface area contributed by atoms with Crippen molar-refractivity contribution in [2.45, 2.75) is 19.3 Å². The van der Waals surface area contributed by atoms with Gasteiger partial charge in [-0.2, -0.15) is 0 Å². The zero-order valence-corrected chi connectivity index (χ0v) is 16.9. The van der Waals surface area contributed by atoms with Crippen molar-refractivity contribution in [3.05, 3.63) is 48.0 Å². The number of methoxy groups -OCH3 is 3. The Morgan fingerprint density at radius 3 is 2.14 bits per heavy atom. The van der Waals surface area contributed by atoms with Crippen molar-refractivity contribution >= 4 is 17.5 Å². The first-order valence-corrected chi connectivity index (χ1v) is 9.47. The largest absolute Gasteiger partial charge is 0.497 e. The Balaban J connectivity index is 1.57. The number of nitrogens with one attached hydrogen (secondary N) is 2. The average Bonchev–Trinajstić information content (AvgIpc) is 3.56. The van der Waals surface area contributed by atoms with E-state index in [1.54, 1.807) is 32.4 Å². The van der Waals surface area contributed by atoms with Crippen LogP contribution in [0.1, 0.15) is 18.4 Å². The zero-order valence-electron chi connectivity index (χ0n) is 16.9. The van der Waals surface area contributed by atoms with E-state index in [1.165, 1.54) is 7.11 Å². The molecular weight excluding hydrogens is 372 g/mol. The van der Waals surface area contributed by atoms with Crippen molar-refractivity contribution < 1.29 is 23.8 Å². The fourth-order valence-corrected chi connectivity index (χ4v) is 3.11. The highest BCUT2D eigenvalue weighted by molar-refractivity contribution is 6.13. The Labute approximate surface area is 170 Å². The lowest BCUT2D eigenvalue weighted by atomic mass is 10.0. The summed E-state index contributed by atoms with van der Waals surface area (Å²) in [5, 5.41) is 5.72. The van der Waals surface area contributed by atoms with Crippen LogP contribution in [0.2, 0.25) is 0 Å². The first-order chi connectivity index (χ1) is 14.0. The first kappa shape index (κ1) is 20.5. The molecule has 0 atom stereocenters. The fraction of sp³-hybridized carbons (Fsp3) is 0.364. The molecule has 2 amide bonds. The van der Waals surface area contributed by atoms with Gasteiger partial charge < -0.3 is 24.8 Å². The van der Waals surface area contributed by atoms with E-state index >= 15 is 0 Å². The van der Waals surface area contributed by atoms with E-state index in [1.807, 2.05) is 24.3 Å². The van der Waals surface area contributed by atoms with Crippen LogP contribution in [0.3, 0.4) is 0 Å². The summed E-state index contributed by atoms with van der Waals surface area (Å²) in [6, 6.07) is 12.8. The van der Waals surface area contributed by atoms with Crippen molar-refractivity contribution in [1.29, 1.82) is 0 Å². The summed E-state index contributed by atoms with van der Waals surface area (Å²) in [6.45, 7) is 0.464. The van der Waals surface area contributed by atoms with Gasteiger partial charge in [-0.1, -0.05) is 12.1 Å². The minimum Gasteiger partial charge on any atom is -0.497 e. The number of rotatable bonds is 9. The molecule has 0 bridgehead atoms. The molecule has 0 saturated heterocycles. The van der Waals surface area contributed by atoms with Gasteiger partial charge in [0.05, 0.1) is 27.0 Å². The van der Waals surface area contributed by atoms with Crippen LogP contribution in [0.15, 0.2) is 42.5 Å². The molecule has 0 aromatic heterocycles. The smallest absolute Gasteiger partial charge is 0.240 e. The van der Waals surface area contributed by atoms with Gasteiger partial charge in [0.15, 0.2) is 0 Å². The van der Waals surface area contributed by atoms with Gasteiger partial charge in [-0.3, -0.25) is 9.59 Å². The molecule has 154 valence electrons. The highest BCUT2D eigenvalue weighted by Gasteiger charge is 2.56. The second kappa shape index (κ2) is 8.86. The molecule has 0 radical (unpaired) electrons. The maximum absolute atomic E-state index is 12.8. The SMILES string of the molecule is COc1ccc(CCNC(=O)C2(C(=O)Nc3ccc(OC)cc3OC)CC2)cc1. The van der Waals surface area contributed by atoms with E-state index in [4.69, 9.17) is 14.2 Å². The van der Waals surface area contributed by atoms with Crippen molar-refractivity contribution in [1.82, 2.24) is 5.32 Å². The number of carbonyl (C=O) groups is 2. The van der Waals surface area contributed by atoms with E-state index in [9.17, 15) is 9.59 Å².